The van der Waals surface area contributed by atoms with Crippen molar-refractivity contribution in [1.29, 1.82) is 0 Å². The lowest BCUT2D eigenvalue weighted by molar-refractivity contribution is 0.0943. The smallest absolute Gasteiger partial charge is 0.256 e. The average molecular weight is 502 g/mol. The molecule has 2 aromatic rings. The van der Waals surface area contributed by atoms with Gasteiger partial charge in [-0.3, -0.25) is 9.59 Å². The van der Waals surface area contributed by atoms with Gasteiger partial charge in [0.15, 0.2) is 0 Å². The van der Waals surface area contributed by atoms with Crippen molar-refractivity contribution in [2.75, 3.05) is 43.1 Å². The van der Waals surface area contributed by atoms with E-state index in [0.29, 0.717) is 42.5 Å². The SMILES string of the molecule is CCOCCCNC(=O)c1cc(NC(=O)c2ccccc2Br)ccc1N1CCC(C)CC1. The molecular weight excluding hydrogens is 470 g/mol. The number of rotatable bonds is 9. The number of carbonyl (C=O) groups excluding carboxylic acids is 2. The van der Waals surface area contributed by atoms with Crippen molar-refractivity contribution in [3.05, 3.63) is 58.1 Å². The second-order valence-electron chi connectivity index (χ2n) is 8.14. The van der Waals surface area contributed by atoms with Gasteiger partial charge in [-0.2, -0.15) is 0 Å². The Labute approximate surface area is 198 Å². The van der Waals surface area contributed by atoms with Gasteiger partial charge in [0.25, 0.3) is 11.8 Å². The highest BCUT2D eigenvalue weighted by Gasteiger charge is 2.22. The standard InChI is InChI=1S/C25H32BrN3O3/c1-3-32-16-6-13-27-24(30)21-17-19(28-25(31)20-7-4-5-8-22(20)26)9-10-23(21)29-14-11-18(2)12-15-29/h4-5,7-10,17-18H,3,6,11-16H2,1-2H3,(H,27,30)(H,28,31). The number of halogens is 1. The van der Waals surface area contributed by atoms with Crippen LogP contribution in [0.5, 0.6) is 0 Å². The van der Waals surface area contributed by atoms with E-state index in [2.05, 4.69) is 38.4 Å². The van der Waals surface area contributed by atoms with Gasteiger partial charge in [-0.15, -0.1) is 0 Å². The fraction of sp³-hybridized carbons (Fsp3) is 0.440. The van der Waals surface area contributed by atoms with E-state index in [1.165, 1.54) is 0 Å². The maximum Gasteiger partial charge on any atom is 0.256 e. The minimum Gasteiger partial charge on any atom is -0.382 e. The van der Waals surface area contributed by atoms with Crippen molar-refractivity contribution < 1.29 is 14.3 Å². The van der Waals surface area contributed by atoms with Gasteiger partial charge in [0, 0.05) is 48.7 Å². The quantitative estimate of drug-likeness (QED) is 0.469. The third kappa shape index (κ3) is 6.56. The van der Waals surface area contributed by atoms with Crippen LogP contribution in [-0.4, -0.2) is 44.7 Å². The second-order valence-corrected chi connectivity index (χ2v) is 9.00. The third-order valence-corrected chi connectivity index (χ3v) is 6.39. The molecule has 2 N–H and O–H groups in total. The molecule has 1 fully saturated rings. The molecule has 0 saturated carbocycles. The Bertz CT molecular complexity index is 926. The van der Waals surface area contributed by atoms with Crippen LogP contribution in [0.1, 0.15) is 53.8 Å². The Kier molecular flexibility index (Phi) is 9.11. The first-order chi connectivity index (χ1) is 15.5. The van der Waals surface area contributed by atoms with Crippen LogP contribution in [0, 0.1) is 5.92 Å². The maximum atomic E-state index is 13.1. The Balaban J connectivity index is 1.79. The largest absolute Gasteiger partial charge is 0.382 e. The van der Waals surface area contributed by atoms with E-state index < -0.39 is 0 Å². The Morgan fingerprint density at radius 2 is 1.84 bits per heavy atom. The van der Waals surface area contributed by atoms with Crippen LogP contribution in [0.15, 0.2) is 46.9 Å². The monoisotopic (exact) mass is 501 g/mol. The summed E-state index contributed by atoms with van der Waals surface area (Å²) in [6.07, 6.45) is 2.97. The van der Waals surface area contributed by atoms with Gasteiger partial charge >= 0.3 is 0 Å². The lowest BCUT2D eigenvalue weighted by Gasteiger charge is -2.33. The molecule has 172 valence electrons. The van der Waals surface area contributed by atoms with Crippen LogP contribution < -0.4 is 15.5 Å². The third-order valence-electron chi connectivity index (χ3n) is 5.70. The summed E-state index contributed by atoms with van der Waals surface area (Å²) in [5.74, 6) is 0.345. The van der Waals surface area contributed by atoms with Gasteiger partial charge in [-0.1, -0.05) is 19.1 Å². The molecule has 0 aliphatic carbocycles. The van der Waals surface area contributed by atoms with Crippen molar-refractivity contribution in [3.8, 4) is 0 Å². The van der Waals surface area contributed by atoms with Crippen molar-refractivity contribution in [1.82, 2.24) is 5.32 Å². The minimum atomic E-state index is -0.222. The zero-order chi connectivity index (χ0) is 22.9. The van der Waals surface area contributed by atoms with E-state index in [1.807, 2.05) is 37.3 Å². The highest BCUT2D eigenvalue weighted by atomic mass is 79.9. The molecule has 6 nitrogen and oxygen atoms in total. The van der Waals surface area contributed by atoms with E-state index in [9.17, 15) is 9.59 Å². The highest BCUT2D eigenvalue weighted by Crippen LogP contribution is 2.29. The topological polar surface area (TPSA) is 70.7 Å². The number of carbonyl (C=O) groups is 2. The van der Waals surface area contributed by atoms with Gasteiger partial charge in [0.1, 0.15) is 0 Å². The molecule has 0 atom stereocenters. The van der Waals surface area contributed by atoms with E-state index >= 15 is 0 Å². The molecule has 2 aromatic carbocycles. The average Bonchev–Trinajstić information content (AvgIpc) is 2.79. The number of nitrogens with zero attached hydrogens (tertiary/aromatic N) is 1. The zero-order valence-electron chi connectivity index (χ0n) is 18.8. The molecule has 1 saturated heterocycles. The van der Waals surface area contributed by atoms with Crippen LogP contribution >= 0.6 is 15.9 Å². The molecule has 1 aliphatic heterocycles. The van der Waals surface area contributed by atoms with Crippen molar-refractivity contribution in [2.45, 2.75) is 33.1 Å². The predicted octanol–water partition coefficient (Wildman–Crippen LogP) is 5.09. The molecule has 0 radical (unpaired) electrons. The number of hydrogen-bond acceptors (Lipinski definition) is 4. The minimum absolute atomic E-state index is 0.132. The van der Waals surface area contributed by atoms with Crippen LogP contribution in [-0.2, 0) is 4.74 Å². The molecule has 3 rings (SSSR count). The fourth-order valence-electron chi connectivity index (χ4n) is 3.78. The first-order valence-corrected chi connectivity index (χ1v) is 12.1. The van der Waals surface area contributed by atoms with Gasteiger partial charge in [0.2, 0.25) is 0 Å². The predicted molar refractivity (Wildman–Crippen MR) is 133 cm³/mol. The lowest BCUT2D eigenvalue weighted by atomic mass is 9.97. The Hall–Kier alpha value is -2.38. The zero-order valence-corrected chi connectivity index (χ0v) is 20.4. The number of ether oxygens (including phenoxy) is 1. The molecule has 1 aliphatic rings. The molecular formula is C25H32BrN3O3. The van der Waals surface area contributed by atoms with Crippen molar-refractivity contribution in [3.63, 3.8) is 0 Å². The van der Waals surface area contributed by atoms with Gasteiger partial charge < -0.3 is 20.3 Å². The highest BCUT2D eigenvalue weighted by molar-refractivity contribution is 9.10. The van der Waals surface area contributed by atoms with Crippen LogP contribution in [0.2, 0.25) is 0 Å². The first kappa shape index (κ1) is 24.3. The van der Waals surface area contributed by atoms with E-state index in [4.69, 9.17) is 4.74 Å². The summed E-state index contributed by atoms with van der Waals surface area (Å²) in [6, 6.07) is 12.9. The summed E-state index contributed by atoms with van der Waals surface area (Å²) in [5.41, 5.74) is 2.64. The molecule has 0 unspecified atom stereocenters. The van der Waals surface area contributed by atoms with E-state index in [-0.39, 0.29) is 11.8 Å². The molecule has 1 heterocycles. The Morgan fingerprint density at radius 3 is 2.56 bits per heavy atom. The number of nitrogens with one attached hydrogen (secondary N) is 2. The van der Waals surface area contributed by atoms with Crippen LogP contribution in [0.3, 0.4) is 0 Å². The van der Waals surface area contributed by atoms with Gasteiger partial charge in [-0.25, -0.2) is 0 Å². The molecule has 7 heteroatoms. The summed E-state index contributed by atoms with van der Waals surface area (Å²) in [6.45, 7) is 7.91. The number of amides is 2. The van der Waals surface area contributed by atoms with Gasteiger partial charge in [-0.05, 0) is 78.4 Å². The summed E-state index contributed by atoms with van der Waals surface area (Å²) >= 11 is 3.42. The number of hydrogen-bond donors (Lipinski definition) is 2. The van der Waals surface area contributed by atoms with Gasteiger partial charge in [0.05, 0.1) is 11.1 Å². The molecule has 32 heavy (non-hydrogen) atoms. The maximum absolute atomic E-state index is 13.1. The number of piperidine rings is 1. The van der Waals surface area contributed by atoms with E-state index in [1.54, 1.807) is 12.1 Å². The normalized spacial score (nSPS) is 14.3. The first-order valence-electron chi connectivity index (χ1n) is 11.3. The number of anilines is 2. The summed E-state index contributed by atoms with van der Waals surface area (Å²) in [7, 11) is 0. The second kappa shape index (κ2) is 12.0. The van der Waals surface area contributed by atoms with Crippen LogP contribution in [0.4, 0.5) is 11.4 Å². The summed E-state index contributed by atoms with van der Waals surface area (Å²) in [4.78, 5) is 28.1. The molecule has 0 spiro atoms. The lowest BCUT2D eigenvalue weighted by Crippen LogP contribution is -2.35. The molecule has 0 aromatic heterocycles. The van der Waals surface area contributed by atoms with E-state index in [0.717, 1.165) is 42.5 Å². The van der Waals surface area contributed by atoms with Crippen molar-refractivity contribution in [2.24, 2.45) is 5.92 Å². The van der Waals surface area contributed by atoms with Crippen molar-refractivity contribution >= 4 is 39.1 Å². The summed E-state index contributed by atoms with van der Waals surface area (Å²) in [5, 5.41) is 5.93. The van der Waals surface area contributed by atoms with Crippen LogP contribution in [0.25, 0.3) is 0 Å². The Morgan fingerprint density at radius 1 is 1.09 bits per heavy atom. The summed E-state index contributed by atoms with van der Waals surface area (Å²) < 4.78 is 6.08. The molecule has 0 bridgehead atoms. The number of benzene rings is 2. The molecule has 2 amide bonds. The fourth-order valence-corrected chi connectivity index (χ4v) is 4.25.